The first-order chi connectivity index (χ1) is 36.0. The van der Waals surface area contributed by atoms with E-state index in [4.69, 9.17) is 9.47 Å². The highest BCUT2D eigenvalue weighted by atomic mass is 16.5. The van der Waals surface area contributed by atoms with Gasteiger partial charge in [-0.15, -0.1) is 0 Å². The molecule has 1 aromatic rings. The van der Waals surface area contributed by atoms with Crippen LogP contribution < -0.4 is 0 Å². The van der Waals surface area contributed by atoms with Gasteiger partial charge in [0, 0.05) is 44.4 Å². The second kappa shape index (κ2) is 54.9. The Bertz CT molecular complexity index is 1190. The third-order valence-electron chi connectivity index (χ3n) is 16.1. The number of hydrogen-bond acceptors (Lipinski definition) is 6. The third kappa shape index (κ3) is 46.0. The van der Waals surface area contributed by atoms with Crippen molar-refractivity contribution in [2.24, 2.45) is 11.8 Å². The van der Waals surface area contributed by atoms with Gasteiger partial charge in [-0.3, -0.25) is 9.59 Å². The molecule has 73 heavy (non-hydrogen) atoms. The van der Waals surface area contributed by atoms with Crippen LogP contribution in [0.15, 0.2) is 18.7 Å². The average Bonchev–Trinajstić information content (AvgIpc) is 3.92. The molecule has 0 aromatic carbocycles. The minimum Gasteiger partial charge on any atom is -0.465 e. The molecule has 2 unspecified atom stereocenters. The van der Waals surface area contributed by atoms with Crippen LogP contribution in [-0.4, -0.2) is 58.7 Å². The molecule has 0 saturated carbocycles. The number of unbranched alkanes of at least 4 members (excludes halogenated alkanes) is 32. The molecule has 0 aliphatic carbocycles. The maximum Gasteiger partial charge on any atom is 0.305 e. The smallest absolute Gasteiger partial charge is 0.305 e. The van der Waals surface area contributed by atoms with E-state index in [1.165, 1.54) is 283 Å². The summed E-state index contributed by atoms with van der Waals surface area (Å²) in [5.41, 5.74) is 0. The van der Waals surface area contributed by atoms with Crippen LogP contribution in [0.2, 0.25) is 0 Å². The second-order valence-corrected chi connectivity index (χ2v) is 23.2. The summed E-state index contributed by atoms with van der Waals surface area (Å²) in [7, 11) is 0. The predicted octanol–water partition coefficient (Wildman–Crippen LogP) is 20.7. The highest BCUT2D eigenvalue weighted by molar-refractivity contribution is 5.69. The predicted molar refractivity (Wildman–Crippen MR) is 316 cm³/mol. The Morgan fingerprint density at radius 1 is 0.397 bits per heavy atom. The van der Waals surface area contributed by atoms with Gasteiger partial charge in [0.2, 0.25) is 0 Å². The van der Waals surface area contributed by atoms with Crippen molar-refractivity contribution in [3.63, 3.8) is 0 Å². The van der Waals surface area contributed by atoms with E-state index < -0.39 is 0 Å². The molecule has 7 nitrogen and oxygen atoms in total. The molecule has 7 heteroatoms. The standard InChI is InChI=1S/C66H127N3O4/c1-6-11-16-21-28-35-44-56-69(57-45-55-68-58-54-67-61-68)64(50-40-31-24-26-33-42-52-65(70)72-59-62(46-36-19-14-9-4)48-38-29-22-17-12-7-2)51-41-32-25-27-34-43-53-66(71)73-60-63(47-37-20-15-10-5)49-39-30-23-18-13-8-3/h54,58,61-64H,6-53,55-57,59-60H2,1-5H3. The summed E-state index contributed by atoms with van der Waals surface area (Å²) < 4.78 is 14.1. The van der Waals surface area contributed by atoms with Gasteiger partial charge >= 0.3 is 11.9 Å². The van der Waals surface area contributed by atoms with Gasteiger partial charge in [-0.1, -0.05) is 266 Å². The van der Waals surface area contributed by atoms with E-state index in [1.807, 2.05) is 12.5 Å². The molecule has 0 fully saturated rings. The minimum absolute atomic E-state index is 0.0316. The number of nitrogens with zero attached hydrogens (tertiary/aromatic N) is 3. The summed E-state index contributed by atoms with van der Waals surface area (Å²) in [5, 5.41) is 0. The van der Waals surface area contributed by atoms with E-state index in [2.05, 4.69) is 55.3 Å². The van der Waals surface area contributed by atoms with E-state index in [1.54, 1.807) is 0 Å². The molecule has 1 heterocycles. The highest BCUT2D eigenvalue weighted by Gasteiger charge is 2.19. The second-order valence-electron chi connectivity index (χ2n) is 23.2. The summed E-state index contributed by atoms with van der Waals surface area (Å²) >= 11 is 0. The first-order valence-corrected chi connectivity index (χ1v) is 33.0. The largest absolute Gasteiger partial charge is 0.465 e. The fourth-order valence-corrected chi connectivity index (χ4v) is 11.2. The highest BCUT2D eigenvalue weighted by Crippen LogP contribution is 2.24. The monoisotopic (exact) mass is 1030 g/mol. The number of ether oxygens (including phenoxy) is 2. The van der Waals surface area contributed by atoms with Crippen molar-refractivity contribution in [2.45, 2.75) is 355 Å². The first kappa shape index (κ1) is 69.1. The molecule has 430 valence electrons. The zero-order valence-electron chi connectivity index (χ0n) is 49.9. The van der Waals surface area contributed by atoms with Crippen molar-refractivity contribution in [3.8, 4) is 0 Å². The number of esters is 2. The maximum atomic E-state index is 12.8. The lowest BCUT2D eigenvalue weighted by Crippen LogP contribution is -2.37. The quantitative estimate of drug-likeness (QED) is 0.0478. The Morgan fingerprint density at radius 3 is 1.08 bits per heavy atom. The lowest BCUT2D eigenvalue weighted by Gasteiger charge is -2.32. The number of carbonyl (C=O) groups excluding carboxylic acids is 2. The van der Waals surface area contributed by atoms with Crippen LogP contribution in [0.4, 0.5) is 0 Å². The molecular weight excluding hydrogens is 899 g/mol. The number of carbonyl (C=O) groups is 2. The van der Waals surface area contributed by atoms with Crippen molar-refractivity contribution >= 4 is 11.9 Å². The average molecular weight is 1030 g/mol. The van der Waals surface area contributed by atoms with Gasteiger partial charge in [0.1, 0.15) is 0 Å². The molecule has 1 aromatic heterocycles. The van der Waals surface area contributed by atoms with Crippen molar-refractivity contribution in [3.05, 3.63) is 18.7 Å². The van der Waals surface area contributed by atoms with Crippen LogP contribution in [-0.2, 0) is 25.6 Å². The van der Waals surface area contributed by atoms with Crippen LogP contribution in [0.5, 0.6) is 0 Å². The Labute approximate surface area is 455 Å². The van der Waals surface area contributed by atoms with Crippen molar-refractivity contribution in [1.82, 2.24) is 14.5 Å². The molecule has 0 aliphatic rings. The van der Waals surface area contributed by atoms with Crippen LogP contribution in [0.1, 0.15) is 343 Å². The van der Waals surface area contributed by atoms with Crippen LogP contribution >= 0.6 is 0 Å². The van der Waals surface area contributed by atoms with Crippen LogP contribution in [0.25, 0.3) is 0 Å². The van der Waals surface area contributed by atoms with E-state index in [0.717, 1.165) is 32.2 Å². The zero-order valence-corrected chi connectivity index (χ0v) is 49.9. The SMILES string of the molecule is CCCCCCCCCN(CCCn1ccnc1)C(CCCCCCCCC(=O)OCC(CCCCCC)CCCCCCCC)CCCCCCCCC(=O)OCC(CCCCCC)CCCCCCCC. The van der Waals surface area contributed by atoms with Gasteiger partial charge in [-0.25, -0.2) is 4.98 Å². The minimum atomic E-state index is 0.0316. The Hall–Kier alpha value is -1.89. The normalized spacial score (nSPS) is 13.0. The van der Waals surface area contributed by atoms with Gasteiger partial charge in [-0.05, 0) is 82.6 Å². The van der Waals surface area contributed by atoms with E-state index >= 15 is 0 Å². The Balaban J connectivity index is 2.60. The fraction of sp³-hybridized carbons (Fsp3) is 0.924. The molecule has 0 radical (unpaired) electrons. The van der Waals surface area contributed by atoms with E-state index in [9.17, 15) is 9.59 Å². The van der Waals surface area contributed by atoms with E-state index in [0.29, 0.717) is 43.9 Å². The lowest BCUT2D eigenvalue weighted by atomic mass is 9.95. The van der Waals surface area contributed by atoms with Crippen LogP contribution in [0, 0.1) is 11.8 Å². The number of imidazole rings is 1. The molecule has 0 bridgehead atoms. The molecule has 2 atom stereocenters. The summed E-state index contributed by atoms with van der Waals surface area (Å²) in [4.78, 5) is 32.8. The molecule has 0 saturated heterocycles. The van der Waals surface area contributed by atoms with Gasteiger partial charge in [-0.2, -0.15) is 0 Å². The van der Waals surface area contributed by atoms with Gasteiger partial charge in [0.15, 0.2) is 0 Å². The molecule has 1 rings (SSSR count). The zero-order chi connectivity index (χ0) is 52.8. The molecular formula is C66H127N3O4. The summed E-state index contributed by atoms with van der Waals surface area (Å²) in [6.45, 7) is 16.2. The van der Waals surface area contributed by atoms with Crippen LogP contribution in [0.3, 0.4) is 0 Å². The number of aryl methyl sites for hydroxylation is 1. The van der Waals surface area contributed by atoms with E-state index in [-0.39, 0.29) is 11.9 Å². The maximum absolute atomic E-state index is 12.8. The lowest BCUT2D eigenvalue weighted by molar-refractivity contribution is -0.146. The molecule has 0 spiro atoms. The third-order valence-corrected chi connectivity index (χ3v) is 16.1. The number of aromatic nitrogens is 2. The summed E-state index contributed by atoms with van der Waals surface area (Å²) in [6.07, 6.45) is 66.0. The topological polar surface area (TPSA) is 73.7 Å². The van der Waals surface area contributed by atoms with Gasteiger partial charge in [0.25, 0.3) is 0 Å². The fourth-order valence-electron chi connectivity index (χ4n) is 11.2. The van der Waals surface area contributed by atoms with Gasteiger partial charge in [0.05, 0.1) is 19.5 Å². The first-order valence-electron chi connectivity index (χ1n) is 33.0. The Morgan fingerprint density at radius 2 is 0.712 bits per heavy atom. The summed E-state index contributed by atoms with van der Waals surface area (Å²) in [5.74, 6) is 1.15. The van der Waals surface area contributed by atoms with Crippen molar-refractivity contribution in [1.29, 1.82) is 0 Å². The van der Waals surface area contributed by atoms with Crippen molar-refractivity contribution < 1.29 is 19.1 Å². The van der Waals surface area contributed by atoms with Gasteiger partial charge < -0.3 is 18.9 Å². The molecule has 0 aliphatic heterocycles. The molecule has 0 amide bonds. The summed E-state index contributed by atoms with van der Waals surface area (Å²) in [6, 6.07) is 0.653. The molecule has 0 N–H and O–H groups in total. The number of rotatable bonds is 59. The Kier molecular flexibility index (Phi) is 52.0. The number of hydrogen-bond donors (Lipinski definition) is 0. The van der Waals surface area contributed by atoms with Crippen molar-refractivity contribution in [2.75, 3.05) is 26.3 Å².